The lowest BCUT2D eigenvalue weighted by Crippen LogP contribution is -2.59. The Morgan fingerprint density at radius 3 is 2.46 bits per heavy atom. The number of likely N-dealkylation sites (tertiary alicyclic amines) is 1. The number of fused-ring (bicyclic) bond motifs is 1. The third-order valence-corrected chi connectivity index (χ3v) is 11.4. The van der Waals surface area contributed by atoms with Gasteiger partial charge in [0.1, 0.15) is 17.7 Å². The molecule has 286 valence electrons. The van der Waals surface area contributed by atoms with Crippen molar-refractivity contribution in [2.45, 2.75) is 88.8 Å². The summed E-state index contributed by atoms with van der Waals surface area (Å²) in [7, 11) is 1.70. The highest BCUT2D eigenvalue weighted by Crippen LogP contribution is 2.59. The van der Waals surface area contributed by atoms with Crippen LogP contribution in [0.1, 0.15) is 64.5 Å². The van der Waals surface area contributed by atoms with Crippen molar-refractivity contribution in [1.82, 2.24) is 19.6 Å². The number of hydrogen-bond acceptors (Lipinski definition) is 9. The maximum atomic E-state index is 14.9. The van der Waals surface area contributed by atoms with Gasteiger partial charge in [0.25, 0.3) is 0 Å². The van der Waals surface area contributed by atoms with Gasteiger partial charge in [0.05, 0.1) is 49.8 Å². The first-order valence-electron chi connectivity index (χ1n) is 18.9. The number of carbonyl (C=O) groups excluding carboxylic acids is 4. The second kappa shape index (κ2) is 17.5. The van der Waals surface area contributed by atoms with Crippen molar-refractivity contribution < 1.29 is 38.5 Å². The Labute approximate surface area is 308 Å². The largest absolute Gasteiger partial charge is 0.455 e. The van der Waals surface area contributed by atoms with Crippen LogP contribution in [0.4, 0.5) is 0 Å². The van der Waals surface area contributed by atoms with Crippen LogP contribution in [0.5, 0.6) is 0 Å². The van der Waals surface area contributed by atoms with Gasteiger partial charge in [-0.3, -0.25) is 24.1 Å². The summed E-state index contributed by atoms with van der Waals surface area (Å²) >= 11 is 0. The Balaban J connectivity index is 1.47. The molecule has 52 heavy (non-hydrogen) atoms. The molecule has 5 rings (SSSR count). The van der Waals surface area contributed by atoms with E-state index >= 15 is 0 Å². The molecule has 4 fully saturated rings. The van der Waals surface area contributed by atoms with Crippen molar-refractivity contribution in [3.63, 3.8) is 0 Å². The van der Waals surface area contributed by atoms with Crippen LogP contribution in [0, 0.1) is 17.8 Å². The van der Waals surface area contributed by atoms with Crippen LogP contribution in [0.25, 0.3) is 0 Å². The highest BCUT2D eigenvalue weighted by molar-refractivity contribution is 5.98. The standard InChI is InChI=1S/C40H58N4O8/c1-7-9-15-32(46)41(6)28(5)35(29-13-11-10-12-14-29)51-39(49)33-31-16-17-40(52-31)34(33)37(47)44(30(26-45)25-27(3)4)36(40)38(48)43(18-8-2)20-19-42-21-23-50-24-22-42/h7-8,10-14,27-28,30-31,33-36,45H,1-2,9,15-26H2,3-6H3/t28-,30-,31+,33-,34-,35+,36+,40-/m1/s1. The van der Waals surface area contributed by atoms with Gasteiger partial charge in [-0.25, -0.2) is 0 Å². The molecule has 4 aliphatic rings. The number of carbonyl (C=O) groups is 4. The fourth-order valence-corrected chi connectivity index (χ4v) is 8.68. The van der Waals surface area contributed by atoms with Gasteiger partial charge >= 0.3 is 5.97 Å². The number of hydrogen-bond donors (Lipinski definition) is 1. The number of allylic oxidation sites excluding steroid dienone is 1. The molecular weight excluding hydrogens is 664 g/mol. The zero-order valence-corrected chi connectivity index (χ0v) is 31.4. The van der Waals surface area contributed by atoms with E-state index in [1.807, 2.05) is 51.1 Å². The Kier molecular flexibility index (Phi) is 13.3. The molecule has 4 aliphatic heterocycles. The third kappa shape index (κ3) is 8.00. The van der Waals surface area contributed by atoms with Crippen LogP contribution >= 0.6 is 0 Å². The van der Waals surface area contributed by atoms with E-state index < -0.39 is 53.7 Å². The number of rotatable bonds is 18. The maximum absolute atomic E-state index is 14.9. The number of esters is 1. The van der Waals surface area contributed by atoms with E-state index in [9.17, 15) is 24.3 Å². The zero-order valence-electron chi connectivity index (χ0n) is 31.4. The summed E-state index contributed by atoms with van der Waals surface area (Å²) in [6.07, 6.45) is 4.13. The molecule has 12 nitrogen and oxygen atoms in total. The first-order chi connectivity index (χ1) is 25.0. The number of benzene rings is 1. The molecule has 0 aliphatic carbocycles. The molecule has 1 aromatic rings. The van der Waals surface area contributed by atoms with E-state index in [0.717, 1.165) is 18.7 Å². The first kappa shape index (κ1) is 39.6. The van der Waals surface area contributed by atoms with Gasteiger partial charge in [-0.2, -0.15) is 0 Å². The molecule has 1 aromatic carbocycles. The second-order valence-electron chi connectivity index (χ2n) is 15.1. The van der Waals surface area contributed by atoms with Crippen LogP contribution in [-0.4, -0.2) is 138 Å². The van der Waals surface area contributed by atoms with Crippen LogP contribution < -0.4 is 0 Å². The topological polar surface area (TPSA) is 129 Å². The molecule has 0 aromatic heterocycles. The molecule has 8 atom stereocenters. The van der Waals surface area contributed by atoms with Crippen LogP contribution in [0.15, 0.2) is 55.6 Å². The van der Waals surface area contributed by atoms with Gasteiger partial charge in [-0.05, 0) is 44.1 Å². The van der Waals surface area contributed by atoms with E-state index in [1.54, 1.807) is 33.9 Å². The van der Waals surface area contributed by atoms with Crippen LogP contribution in [-0.2, 0) is 33.4 Å². The molecule has 12 heteroatoms. The SMILES string of the molecule is C=CCCC(=O)N(C)[C@H](C)[C@H](OC(=O)[C@@H]1[C@@H]2CC[C@]3(O2)[C@H](C(=O)N(CC=C)CCN2CCOCC2)N([C@@H](CO)CC(C)C)C(=O)[C@@H]13)c1ccccc1. The molecule has 0 radical (unpaired) electrons. The molecule has 3 amide bonds. The molecule has 1 spiro atoms. The lowest BCUT2D eigenvalue weighted by molar-refractivity contribution is -0.165. The highest BCUT2D eigenvalue weighted by atomic mass is 16.6. The number of aliphatic hydroxyl groups excluding tert-OH is 1. The minimum absolute atomic E-state index is 0.104. The smallest absolute Gasteiger partial charge is 0.313 e. The molecule has 4 heterocycles. The van der Waals surface area contributed by atoms with E-state index in [2.05, 4.69) is 18.1 Å². The molecule has 0 saturated carbocycles. The van der Waals surface area contributed by atoms with Gasteiger partial charge in [0, 0.05) is 46.2 Å². The minimum atomic E-state index is -1.25. The van der Waals surface area contributed by atoms with Crippen molar-refractivity contribution in [1.29, 1.82) is 0 Å². The molecule has 0 unspecified atom stereocenters. The highest BCUT2D eigenvalue weighted by Gasteiger charge is 2.75. The van der Waals surface area contributed by atoms with E-state index in [-0.39, 0.29) is 43.2 Å². The van der Waals surface area contributed by atoms with E-state index in [0.29, 0.717) is 52.0 Å². The van der Waals surface area contributed by atoms with Crippen molar-refractivity contribution in [2.24, 2.45) is 17.8 Å². The first-order valence-corrected chi connectivity index (χ1v) is 18.9. The monoisotopic (exact) mass is 722 g/mol. The second-order valence-corrected chi connectivity index (χ2v) is 15.1. The predicted octanol–water partition coefficient (Wildman–Crippen LogP) is 3.21. The summed E-state index contributed by atoms with van der Waals surface area (Å²) < 4.78 is 18.6. The number of ether oxygens (including phenoxy) is 3. The number of morpholine rings is 1. The molecule has 4 saturated heterocycles. The lowest BCUT2D eigenvalue weighted by Gasteiger charge is -2.40. The Hall–Kier alpha value is -3.58. The fourth-order valence-electron chi connectivity index (χ4n) is 8.68. The summed E-state index contributed by atoms with van der Waals surface area (Å²) in [6, 6.07) is 7.10. The fraction of sp³-hybridized carbons (Fsp3) is 0.650. The number of likely N-dealkylation sites (N-methyl/N-ethyl adjacent to an activating group) is 1. The van der Waals surface area contributed by atoms with Gasteiger partial charge in [-0.1, -0.05) is 56.3 Å². The normalized spacial score (nSPS) is 27.2. The summed E-state index contributed by atoms with van der Waals surface area (Å²) in [5, 5.41) is 10.7. The summed E-state index contributed by atoms with van der Waals surface area (Å²) in [6.45, 7) is 17.3. The van der Waals surface area contributed by atoms with E-state index in [1.165, 1.54) is 0 Å². The van der Waals surface area contributed by atoms with Crippen molar-refractivity contribution >= 4 is 23.7 Å². The Morgan fingerprint density at radius 2 is 1.83 bits per heavy atom. The third-order valence-electron chi connectivity index (χ3n) is 11.4. The summed E-state index contributed by atoms with van der Waals surface area (Å²) in [4.78, 5) is 64.4. The minimum Gasteiger partial charge on any atom is -0.455 e. The van der Waals surface area contributed by atoms with Gasteiger partial charge in [0.2, 0.25) is 17.7 Å². The quantitative estimate of drug-likeness (QED) is 0.180. The molecular formula is C40H58N4O8. The van der Waals surface area contributed by atoms with E-state index in [4.69, 9.17) is 14.2 Å². The average Bonchev–Trinajstić information content (AvgIpc) is 3.80. The van der Waals surface area contributed by atoms with Gasteiger partial charge < -0.3 is 34.0 Å². The van der Waals surface area contributed by atoms with Crippen molar-refractivity contribution in [3.05, 3.63) is 61.2 Å². The summed E-state index contributed by atoms with van der Waals surface area (Å²) in [5.74, 6) is -3.12. The molecule has 2 bridgehead atoms. The van der Waals surface area contributed by atoms with Gasteiger partial charge in [-0.15, -0.1) is 13.2 Å². The molecule has 1 N–H and O–H groups in total. The summed E-state index contributed by atoms with van der Waals surface area (Å²) in [5.41, 5.74) is -0.535. The average molecular weight is 723 g/mol. The van der Waals surface area contributed by atoms with Crippen LogP contribution in [0.3, 0.4) is 0 Å². The Bertz CT molecular complexity index is 1430. The number of amides is 3. The number of nitrogens with zero attached hydrogens (tertiary/aromatic N) is 4. The van der Waals surface area contributed by atoms with Crippen molar-refractivity contribution in [3.8, 4) is 0 Å². The van der Waals surface area contributed by atoms with Crippen LogP contribution in [0.2, 0.25) is 0 Å². The van der Waals surface area contributed by atoms with Crippen molar-refractivity contribution in [2.75, 3.05) is 59.6 Å². The van der Waals surface area contributed by atoms with Gasteiger partial charge in [0.15, 0.2) is 0 Å². The number of aliphatic hydroxyl groups is 1. The zero-order chi connectivity index (χ0) is 37.6. The predicted molar refractivity (Wildman–Crippen MR) is 196 cm³/mol. The Morgan fingerprint density at radius 1 is 1.12 bits per heavy atom. The maximum Gasteiger partial charge on any atom is 0.313 e. The lowest BCUT2D eigenvalue weighted by atomic mass is 9.70.